The molecule has 0 saturated carbocycles. The second-order valence-electron chi connectivity index (χ2n) is 8.10. The van der Waals surface area contributed by atoms with Crippen LogP contribution in [0.5, 0.6) is 0 Å². The molecular formula is C25H25N5OS. The fourth-order valence-electron chi connectivity index (χ4n) is 4.53. The van der Waals surface area contributed by atoms with E-state index < -0.39 is 0 Å². The van der Waals surface area contributed by atoms with Crippen LogP contribution in [0.25, 0.3) is 0 Å². The summed E-state index contributed by atoms with van der Waals surface area (Å²) in [5.74, 6) is 0.938. The van der Waals surface area contributed by atoms with E-state index in [4.69, 9.17) is 16.6 Å². The van der Waals surface area contributed by atoms with Gasteiger partial charge in [-0.15, -0.1) is 0 Å². The summed E-state index contributed by atoms with van der Waals surface area (Å²) < 4.78 is 7.91. The lowest BCUT2D eigenvalue weighted by molar-refractivity contribution is 0.309. The first kappa shape index (κ1) is 20.5. The van der Waals surface area contributed by atoms with Gasteiger partial charge in [0, 0.05) is 36.5 Å². The van der Waals surface area contributed by atoms with E-state index in [-0.39, 0.29) is 12.1 Å². The Kier molecular flexibility index (Phi) is 5.49. The van der Waals surface area contributed by atoms with Crippen molar-refractivity contribution in [2.75, 3.05) is 0 Å². The summed E-state index contributed by atoms with van der Waals surface area (Å²) in [6.07, 6.45) is 7.20. The summed E-state index contributed by atoms with van der Waals surface area (Å²) in [6.45, 7) is 5.72. The van der Waals surface area contributed by atoms with E-state index in [1.54, 1.807) is 6.26 Å². The largest absolute Gasteiger partial charge is 0.467 e. The third-order valence-electron chi connectivity index (χ3n) is 6.13. The second kappa shape index (κ2) is 8.59. The van der Waals surface area contributed by atoms with Gasteiger partial charge in [-0.05, 0) is 79.7 Å². The van der Waals surface area contributed by atoms with E-state index in [0.717, 1.165) is 16.6 Å². The van der Waals surface area contributed by atoms with Crippen molar-refractivity contribution in [3.05, 3.63) is 107 Å². The van der Waals surface area contributed by atoms with Crippen LogP contribution < -0.4 is 5.32 Å². The van der Waals surface area contributed by atoms with Crippen molar-refractivity contribution in [3.63, 3.8) is 0 Å². The van der Waals surface area contributed by atoms with Gasteiger partial charge in [-0.2, -0.15) is 0 Å². The second-order valence-corrected chi connectivity index (χ2v) is 8.49. The molecule has 5 rings (SSSR count). The Morgan fingerprint density at radius 1 is 1.03 bits per heavy atom. The fourth-order valence-corrected chi connectivity index (χ4v) is 4.83. The molecule has 4 aromatic heterocycles. The molecule has 0 aromatic carbocycles. The molecule has 1 fully saturated rings. The van der Waals surface area contributed by atoms with Crippen LogP contribution in [0.15, 0.2) is 77.8 Å². The van der Waals surface area contributed by atoms with Crippen LogP contribution in [0.4, 0.5) is 0 Å². The van der Waals surface area contributed by atoms with Crippen molar-refractivity contribution in [1.82, 2.24) is 24.8 Å². The van der Waals surface area contributed by atoms with Gasteiger partial charge in [-0.3, -0.25) is 9.97 Å². The summed E-state index contributed by atoms with van der Waals surface area (Å²) in [6, 6.07) is 16.3. The molecule has 4 aromatic rings. The Bertz CT molecular complexity index is 1200. The Morgan fingerprint density at radius 2 is 1.88 bits per heavy atom. The molecule has 32 heavy (non-hydrogen) atoms. The van der Waals surface area contributed by atoms with Crippen LogP contribution in [0.1, 0.15) is 46.1 Å². The lowest BCUT2D eigenvalue weighted by Gasteiger charge is -2.28. The highest BCUT2D eigenvalue weighted by Gasteiger charge is 2.41. The number of nitrogens with zero attached hydrogens (tertiary/aromatic N) is 4. The van der Waals surface area contributed by atoms with E-state index in [0.29, 0.717) is 13.1 Å². The number of hydrogen-bond acceptors (Lipinski definition) is 4. The monoisotopic (exact) mass is 443 g/mol. The lowest BCUT2D eigenvalue weighted by Crippen LogP contribution is -2.29. The Morgan fingerprint density at radius 3 is 2.59 bits per heavy atom. The standard InChI is InChI=1S/C25H25N5OS/c1-17-14-21(18(2)29(17)16-20-6-5-13-31-20)24-23(22-7-3-4-10-27-22)28-25(32)30(24)15-19-8-11-26-12-9-19/h3-14,23-24H,15-16H2,1-2H3,(H,28,32)/t23-,24+/m0/s1. The number of aryl methyl sites for hydroxylation is 1. The maximum Gasteiger partial charge on any atom is 0.170 e. The summed E-state index contributed by atoms with van der Waals surface area (Å²) in [5, 5.41) is 4.28. The van der Waals surface area contributed by atoms with E-state index in [1.807, 2.05) is 55.0 Å². The average Bonchev–Trinajstić information content (AvgIpc) is 3.51. The number of aromatic nitrogens is 3. The first-order chi connectivity index (χ1) is 15.6. The molecule has 1 saturated heterocycles. The van der Waals surface area contributed by atoms with Crippen molar-refractivity contribution >= 4 is 17.3 Å². The molecular weight excluding hydrogens is 418 g/mol. The smallest absolute Gasteiger partial charge is 0.170 e. The van der Waals surface area contributed by atoms with Crippen LogP contribution in [-0.4, -0.2) is 24.5 Å². The van der Waals surface area contributed by atoms with Crippen LogP contribution in [0, 0.1) is 13.8 Å². The van der Waals surface area contributed by atoms with Crippen molar-refractivity contribution in [2.45, 2.75) is 39.0 Å². The molecule has 1 aliphatic heterocycles. The van der Waals surface area contributed by atoms with Crippen molar-refractivity contribution in [1.29, 1.82) is 0 Å². The molecule has 0 unspecified atom stereocenters. The van der Waals surface area contributed by atoms with Gasteiger partial charge in [-0.25, -0.2) is 0 Å². The highest BCUT2D eigenvalue weighted by Crippen LogP contribution is 2.41. The van der Waals surface area contributed by atoms with Crippen molar-refractivity contribution in [2.24, 2.45) is 0 Å². The third kappa shape index (κ3) is 3.80. The molecule has 0 spiro atoms. The first-order valence-corrected chi connectivity index (χ1v) is 11.1. The number of furan rings is 1. The molecule has 1 aliphatic rings. The average molecular weight is 444 g/mol. The number of pyridine rings is 2. The molecule has 0 amide bonds. The van der Waals surface area contributed by atoms with Gasteiger partial charge in [0.05, 0.1) is 30.6 Å². The van der Waals surface area contributed by atoms with Crippen LogP contribution >= 0.6 is 12.2 Å². The molecule has 6 nitrogen and oxygen atoms in total. The van der Waals surface area contributed by atoms with Crippen molar-refractivity contribution < 1.29 is 4.42 Å². The Labute approximate surface area is 192 Å². The van der Waals surface area contributed by atoms with Crippen LogP contribution in [-0.2, 0) is 13.1 Å². The highest BCUT2D eigenvalue weighted by molar-refractivity contribution is 7.80. The maximum absolute atomic E-state index is 5.82. The molecule has 162 valence electrons. The van der Waals surface area contributed by atoms with Gasteiger partial charge < -0.3 is 19.2 Å². The predicted octanol–water partition coefficient (Wildman–Crippen LogP) is 4.71. The summed E-state index contributed by atoms with van der Waals surface area (Å²) in [4.78, 5) is 11.1. The van der Waals surface area contributed by atoms with E-state index in [2.05, 4.69) is 50.7 Å². The molecule has 0 bridgehead atoms. The molecule has 5 heterocycles. The summed E-state index contributed by atoms with van der Waals surface area (Å²) in [5.41, 5.74) is 5.78. The molecule has 0 aliphatic carbocycles. The number of nitrogens with one attached hydrogen (secondary N) is 1. The van der Waals surface area contributed by atoms with Crippen LogP contribution in [0.2, 0.25) is 0 Å². The van der Waals surface area contributed by atoms with Gasteiger partial charge in [0.1, 0.15) is 5.76 Å². The zero-order valence-corrected chi connectivity index (χ0v) is 18.9. The third-order valence-corrected chi connectivity index (χ3v) is 6.48. The first-order valence-electron chi connectivity index (χ1n) is 10.7. The predicted molar refractivity (Wildman–Crippen MR) is 127 cm³/mol. The molecule has 0 radical (unpaired) electrons. The van der Waals surface area contributed by atoms with Crippen molar-refractivity contribution in [3.8, 4) is 0 Å². The Hall–Kier alpha value is -3.45. The number of thiocarbonyl (C=S) groups is 1. The van der Waals surface area contributed by atoms with Gasteiger partial charge in [0.25, 0.3) is 0 Å². The number of rotatable bonds is 6. The van der Waals surface area contributed by atoms with E-state index in [1.165, 1.54) is 22.5 Å². The lowest BCUT2D eigenvalue weighted by atomic mass is 9.96. The molecule has 7 heteroatoms. The topological polar surface area (TPSA) is 59.1 Å². The van der Waals surface area contributed by atoms with Gasteiger partial charge >= 0.3 is 0 Å². The SMILES string of the molecule is Cc1cc([C@@H]2[C@H](c3ccccn3)NC(=S)N2Cc2ccncc2)c(C)n1Cc1ccco1. The summed E-state index contributed by atoms with van der Waals surface area (Å²) >= 11 is 5.82. The number of hydrogen-bond donors (Lipinski definition) is 1. The highest BCUT2D eigenvalue weighted by atomic mass is 32.1. The Balaban J connectivity index is 1.57. The minimum atomic E-state index is -0.0388. The van der Waals surface area contributed by atoms with Gasteiger partial charge in [-0.1, -0.05) is 6.07 Å². The normalized spacial score (nSPS) is 18.2. The van der Waals surface area contributed by atoms with E-state index >= 15 is 0 Å². The fraction of sp³-hybridized carbons (Fsp3) is 0.240. The van der Waals surface area contributed by atoms with E-state index in [9.17, 15) is 0 Å². The minimum absolute atomic E-state index is 0.0158. The van der Waals surface area contributed by atoms with Crippen LogP contribution in [0.3, 0.4) is 0 Å². The summed E-state index contributed by atoms with van der Waals surface area (Å²) in [7, 11) is 0. The zero-order valence-electron chi connectivity index (χ0n) is 18.1. The maximum atomic E-state index is 5.82. The van der Waals surface area contributed by atoms with Gasteiger partial charge in [0.2, 0.25) is 0 Å². The molecule has 2 atom stereocenters. The quantitative estimate of drug-likeness (QED) is 0.436. The molecule has 1 N–H and O–H groups in total. The zero-order chi connectivity index (χ0) is 22.1. The minimum Gasteiger partial charge on any atom is -0.467 e. The van der Waals surface area contributed by atoms with Gasteiger partial charge in [0.15, 0.2) is 5.11 Å².